The van der Waals surface area contributed by atoms with E-state index in [4.69, 9.17) is 0 Å². The Balaban J connectivity index is 2.73. The molecule has 2 N–H and O–H groups in total. The van der Waals surface area contributed by atoms with Gasteiger partial charge in [0, 0.05) is 18.3 Å². The number of carbonyl (C=O) groups is 1. The molecule has 3 nitrogen and oxygen atoms in total. The van der Waals surface area contributed by atoms with E-state index >= 15 is 0 Å². The van der Waals surface area contributed by atoms with Crippen molar-refractivity contribution in [1.82, 2.24) is 5.32 Å². The van der Waals surface area contributed by atoms with Crippen molar-refractivity contribution in [2.24, 2.45) is 0 Å². The molecule has 0 radical (unpaired) electrons. The predicted octanol–water partition coefficient (Wildman–Crippen LogP) is 2.33. The van der Waals surface area contributed by atoms with Gasteiger partial charge in [-0.1, -0.05) is 0 Å². The summed E-state index contributed by atoms with van der Waals surface area (Å²) in [5, 5.41) is 4.73. The van der Waals surface area contributed by atoms with Gasteiger partial charge in [0.15, 0.2) is 0 Å². The Hall–Kier alpha value is -1.72. The van der Waals surface area contributed by atoms with Gasteiger partial charge in [-0.15, -0.1) is 0 Å². The highest BCUT2D eigenvalue weighted by atomic mass is 19.4. The second kappa shape index (κ2) is 5.07. The van der Waals surface area contributed by atoms with Crippen molar-refractivity contribution in [2.45, 2.75) is 13.1 Å². The second-order valence-corrected chi connectivity index (χ2v) is 3.58. The molecule has 1 rings (SSSR count). The summed E-state index contributed by atoms with van der Waals surface area (Å²) in [6.07, 6.45) is -4.39. The van der Waals surface area contributed by atoms with Crippen LogP contribution < -0.4 is 10.6 Å². The van der Waals surface area contributed by atoms with Gasteiger partial charge in [-0.05, 0) is 30.7 Å². The summed E-state index contributed by atoms with van der Waals surface area (Å²) in [6.45, 7) is 0.449. The zero-order chi connectivity index (χ0) is 13.1. The molecule has 0 bridgehead atoms. The molecule has 1 aromatic carbocycles. The molecule has 0 saturated carbocycles. The van der Waals surface area contributed by atoms with E-state index in [2.05, 4.69) is 5.32 Å². The minimum atomic E-state index is -4.39. The Bertz CT molecular complexity index is 416. The van der Waals surface area contributed by atoms with Crippen molar-refractivity contribution in [3.05, 3.63) is 29.3 Å². The largest absolute Gasteiger partial charge is 0.405 e. The number of alkyl halides is 3. The topological polar surface area (TPSA) is 41.1 Å². The van der Waals surface area contributed by atoms with Gasteiger partial charge in [0.25, 0.3) is 5.91 Å². The van der Waals surface area contributed by atoms with E-state index in [1.807, 2.05) is 5.32 Å². The Morgan fingerprint density at radius 3 is 2.47 bits per heavy atom. The first-order valence-corrected chi connectivity index (χ1v) is 4.97. The fraction of sp³-hybridized carbons (Fsp3) is 0.364. The van der Waals surface area contributed by atoms with Crippen molar-refractivity contribution in [3.63, 3.8) is 0 Å². The monoisotopic (exact) mass is 246 g/mol. The SMILES string of the molecule is CNc1ccc(C(=O)NCC(F)(F)F)cc1C. The molecular formula is C11H13F3N2O. The fourth-order valence-electron chi connectivity index (χ4n) is 1.37. The van der Waals surface area contributed by atoms with E-state index in [0.29, 0.717) is 0 Å². The first kappa shape index (κ1) is 13.3. The molecule has 6 heteroatoms. The predicted molar refractivity (Wildman–Crippen MR) is 59.1 cm³/mol. The third kappa shape index (κ3) is 3.97. The van der Waals surface area contributed by atoms with Gasteiger partial charge in [0.05, 0.1) is 0 Å². The molecule has 1 amide bonds. The molecule has 0 atom stereocenters. The van der Waals surface area contributed by atoms with Crippen molar-refractivity contribution < 1.29 is 18.0 Å². The quantitative estimate of drug-likeness (QED) is 0.859. The third-order valence-corrected chi connectivity index (χ3v) is 2.21. The second-order valence-electron chi connectivity index (χ2n) is 3.58. The Kier molecular flexibility index (Phi) is 3.98. The van der Waals surface area contributed by atoms with E-state index in [0.717, 1.165) is 11.3 Å². The molecule has 0 aliphatic carbocycles. The third-order valence-electron chi connectivity index (χ3n) is 2.21. The van der Waals surface area contributed by atoms with Crippen LogP contribution in [0.25, 0.3) is 0 Å². The molecule has 0 aromatic heterocycles. The van der Waals surface area contributed by atoms with Gasteiger partial charge in [0.2, 0.25) is 0 Å². The average molecular weight is 246 g/mol. The van der Waals surface area contributed by atoms with E-state index < -0.39 is 18.6 Å². The maximum absolute atomic E-state index is 11.9. The number of nitrogens with one attached hydrogen (secondary N) is 2. The van der Waals surface area contributed by atoms with E-state index in [9.17, 15) is 18.0 Å². The summed E-state index contributed by atoms with van der Waals surface area (Å²) in [4.78, 5) is 11.4. The molecule has 94 valence electrons. The van der Waals surface area contributed by atoms with Crippen LogP contribution in [0.2, 0.25) is 0 Å². The lowest BCUT2D eigenvalue weighted by molar-refractivity contribution is -0.123. The highest BCUT2D eigenvalue weighted by molar-refractivity contribution is 5.94. The number of anilines is 1. The number of halogens is 3. The van der Waals surface area contributed by atoms with Crippen LogP contribution in [0.1, 0.15) is 15.9 Å². The number of hydrogen-bond acceptors (Lipinski definition) is 2. The Labute approximate surface area is 97.0 Å². The Morgan fingerprint density at radius 1 is 1.35 bits per heavy atom. The van der Waals surface area contributed by atoms with Gasteiger partial charge in [-0.3, -0.25) is 4.79 Å². The van der Waals surface area contributed by atoms with E-state index in [1.165, 1.54) is 12.1 Å². The minimum Gasteiger partial charge on any atom is -0.388 e. The maximum atomic E-state index is 11.9. The standard InChI is InChI=1S/C11H13F3N2O/c1-7-5-8(3-4-9(7)15-2)10(17)16-6-11(12,13)14/h3-5,15H,6H2,1-2H3,(H,16,17). The molecule has 0 spiro atoms. The molecular weight excluding hydrogens is 233 g/mol. The lowest BCUT2D eigenvalue weighted by Crippen LogP contribution is -2.33. The highest BCUT2D eigenvalue weighted by Crippen LogP contribution is 2.16. The molecule has 0 aliphatic heterocycles. The van der Waals surface area contributed by atoms with Crippen LogP contribution in [0.15, 0.2) is 18.2 Å². The summed E-state index contributed by atoms with van der Waals surface area (Å²) < 4.78 is 35.7. The van der Waals surface area contributed by atoms with Crippen LogP contribution in [-0.2, 0) is 0 Å². The number of benzene rings is 1. The summed E-state index contributed by atoms with van der Waals surface area (Å²) in [7, 11) is 1.73. The summed E-state index contributed by atoms with van der Waals surface area (Å²) >= 11 is 0. The van der Waals surface area contributed by atoms with E-state index in [-0.39, 0.29) is 5.56 Å². The van der Waals surface area contributed by atoms with Crippen molar-refractivity contribution in [3.8, 4) is 0 Å². The zero-order valence-electron chi connectivity index (χ0n) is 9.48. The van der Waals surface area contributed by atoms with Gasteiger partial charge in [-0.2, -0.15) is 13.2 Å². The van der Waals surface area contributed by atoms with Crippen LogP contribution >= 0.6 is 0 Å². The molecule has 17 heavy (non-hydrogen) atoms. The van der Waals surface area contributed by atoms with Crippen molar-refractivity contribution >= 4 is 11.6 Å². The molecule has 1 aromatic rings. The first-order chi connectivity index (χ1) is 7.83. The van der Waals surface area contributed by atoms with E-state index in [1.54, 1.807) is 20.0 Å². The number of rotatable bonds is 3. The number of aryl methyl sites for hydroxylation is 1. The maximum Gasteiger partial charge on any atom is 0.405 e. The van der Waals surface area contributed by atoms with Gasteiger partial charge in [0.1, 0.15) is 6.54 Å². The summed E-state index contributed by atoms with van der Waals surface area (Å²) in [5.41, 5.74) is 1.84. The summed E-state index contributed by atoms with van der Waals surface area (Å²) in [6, 6.07) is 4.67. The van der Waals surface area contributed by atoms with Gasteiger partial charge < -0.3 is 10.6 Å². The Morgan fingerprint density at radius 2 is 2.00 bits per heavy atom. The minimum absolute atomic E-state index is 0.214. The molecule has 0 saturated heterocycles. The molecule has 0 aliphatic rings. The highest BCUT2D eigenvalue weighted by Gasteiger charge is 2.27. The number of hydrogen-bond donors (Lipinski definition) is 2. The molecule has 0 heterocycles. The van der Waals surface area contributed by atoms with Crippen molar-refractivity contribution in [2.75, 3.05) is 18.9 Å². The normalized spacial score (nSPS) is 11.1. The average Bonchev–Trinajstić information content (AvgIpc) is 2.24. The number of amides is 1. The molecule has 0 unspecified atom stereocenters. The van der Waals surface area contributed by atoms with Crippen LogP contribution in [0.5, 0.6) is 0 Å². The van der Waals surface area contributed by atoms with Gasteiger partial charge >= 0.3 is 6.18 Å². The summed E-state index contributed by atoms with van der Waals surface area (Å²) in [5.74, 6) is -0.729. The van der Waals surface area contributed by atoms with Gasteiger partial charge in [-0.25, -0.2) is 0 Å². The van der Waals surface area contributed by atoms with Crippen molar-refractivity contribution in [1.29, 1.82) is 0 Å². The lowest BCUT2D eigenvalue weighted by atomic mass is 10.1. The zero-order valence-corrected chi connectivity index (χ0v) is 9.48. The van der Waals surface area contributed by atoms with Crippen LogP contribution in [0.4, 0.5) is 18.9 Å². The van der Waals surface area contributed by atoms with Crippen LogP contribution in [0.3, 0.4) is 0 Å². The number of carbonyl (C=O) groups excluding carboxylic acids is 1. The van der Waals surface area contributed by atoms with Crippen LogP contribution in [-0.4, -0.2) is 25.7 Å². The smallest absolute Gasteiger partial charge is 0.388 e. The first-order valence-electron chi connectivity index (χ1n) is 4.97. The lowest BCUT2D eigenvalue weighted by Gasteiger charge is -2.10. The van der Waals surface area contributed by atoms with Crippen LogP contribution in [0, 0.1) is 6.92 Å². The fourth-order valence-corrected chi connectivity index (χ4v) is 1.37. The molecule has 0 fully saturated rings.